The minimum Gasteiger partial charge on any atom is -0.422 e. The van der Waals surface area contributed by atoms with Crippen LogP contribution in [0.2, 0.25) is 0 Å². The Morgan fingerprint density at radius 2 is 1.64 bits per heavy atom. The third-order valence-electron chi connectivity index (χ3n) is 5.44. The first-order chi connectivity index (χ1) is 13.8. The molecule has 0 bridgehead atoms. The first kappa shape index (κ1) is 15.7. The minimum absolute atomic E-state index is 0.218. The Kier molecular flexibility index (Phi) is 3.25. The molecule has 0 amide bonds. The van der Waals surface area contributed by atoms with Crippen molar-refractivity contribution in [2.45, 2.75) is 6.04 Å². The zero-order valence-electron chi connectivity index (χ0n) is 14.8. The summed E-state index contributed by atoms with van der Waals surface area (Å²) >= 11 is 1.64. The summed E-state index contributed by atoms with van der Waals surface area (Å²) < 4.78 is 5.72. The second kappa shape index (κ2) is 5.81. The normalized spacial score (nSPS) is 15.2. The van der Waals surface area contributed by atoms with E-state index in [-0.39, 0.29) is 11.7 Å². The number of thiophene rings is 1. The van der Waals surface area contributed by atoms with Crippen LogP contribution in [0.5, 0.6) is 0 Å². The van der Waals surface area contributed by atoms with Crippen molar-refractivity contribution in [2.24, 2.45) is 0 Å². The number of benzene rings is 3. The number of para-hydroxylation sites is 1. The van der Waals surface area contributed by atoms with Gasteiger partial charge in [-0.05, 0) is 34.4 Å². The van der Waals surface area contributed by atoms with Crippen molar-refractivity contribution >= 4 is 38.8 Å². The van der Waals surface area contributed by atoms with Crippen LogP contribution in [-0.4, -0.2) is 0 Å². The van der Waals surface area contributed by atoms with E-state index in [4.69, 9.17) is 4.42 Å². The summed E-state index contributed by atoms with van der Waals surface area (Å²) in [6.45, 7) is 0. The van der Waals surface area contributed by atoms with Gasteiger partial charge in [-0.15, -0.1) is 11.3 Å². The van der Waals surface area contributed by atoms with Crippen molar-refractivity contribution in [2.75, 3.05) is 5.32 Å². The average Bonchev–Trinajstić information content (AvgIpc) is 3.27. The fourth-order valence-corrected chi connectivity index (χ4v) is 5.04. The molecule has 3 heterocycles. The summed E-state index contributed by atoms with van der Waals surface area (Å²) in [5, 5.41) is 8.90. The molecule has 2 aromatic heterocycles. The SMILES string of the molecule is O=c1oc2ccccc2c2c1[C@H](c1cccs1)Nc1ccc3ccccc3c1-2. The predicted molar refractivity (Wildman–Crippen MR) is 115 cm³/mol. The quantitative estimate of drug-likeness (QED) is 0.352. The number of hydrogen-bond donors (Lipinski definition) is 1. The molecule has 1 aliphatic heterocycles. The molecule has 0 fully saturated rings. The standard InChI is InChI=1S/C24H15NO2S/c26-24-22-21(16-8-3-4-9-18(16)27-24)20-15-7-2-1-6-14(15)11-12-17(20)25-23(22)19-10-5-13-28-19/h1-13,23,25H/t23-/m0/s1. The topological polar surface area (TPSA) is 42.2 Å². The Labute approximate surface area is 164 Å². The molecule has 1 N–H and O–H groups in total. The first-order valence-electron chi connectivity index (χ1n) is 9.19. The molecule has 134 valence electrons. The number of fused-ring (bicyclic) bond motifs is 7. The van der Waals surface area contributed by atoms with E-state index in [9.17, 15) is 4.79 Å². The number of anilines is 1. The highest BCUT2D eigenvalue weighted by Gasteiger charge is 2.32. The largest absolute Gasteiger partial charge is 0.422 e. The predicted octanol–water partition coefficient (Wildman–Crippen LogP) is 6.19. The van der Waals surface area contributed by atoms with Crippen molar-refractivity contribution in [1.82, 2.24) is 0 Å². The van der Waals surface area contributed by atoms with E-state index in [0.29, 0.717) is 11.1 Å². The molecule has 1 atom stereocenters. The smallest absolute Gasteiger partial charge is 0.342 e. The molecular formula is C24H15NO2S. The number of rotatable bonds is 1. The maximum atomic E-state index is 13.1. The van der Waals surface area contributed by atoms with E-state index in [2.05, 4.69) is 35.6 Å². The molecule has 0 radical (unpaired) electrons. The van der Waals surface area contributed by atoms with Gasteiger partial charge >= 0.3 is 5.63 Å². The summed E-state index contributed by atoms with van der Waals surface area (Å²) in [6.07, 6.45) is 0. The van der Waals surface area contributed by atoms with Crippen LogP contribution in [0.25, 0.3) is 32.9 Å². The van der Waals surface area contributed by atoms with Crippen LogP contribution < -0.4 is 10.9 Å². The van der Waals surface area contributed by atoms with Crippen molar-refractivity contribution < 1.29 is 4.42 Å². The molecule has 0 saturated carbocycles. The molecule has 0 saturated heterocycles. The zero-order valence-corrected chi connectivity index (χ0v) is 15.6. The van der Waals surface area contributed by atoms with Gasteiger partial charge in [0.05, 0.1) is 11.6 Å². The molecule has 28 heavy (non-hydrogen) atoms. The van der Waals surface area contributed by atoms with Crippen LogP contribution in [0, 0.1) is 0 Å². The zero-order chi connectivity index (χ0) is 18.7. The Morgan fingerprint density at radius 1 is 0.821 bits per heavy atom. The lowest BCUT2D eigenvalue weighted by Gasteiger charge is -2.30. The van der Waals surface area contributed by atoms with Crippen LogP contribution in [0.15, 0.2) is 87.4 Å². The molecular weight excluding hydrogens is 366 g/mol. The van der Waals surface area contributed by atoms with Crippen molar-refractivity contribution in [3.63, 3.8) is 0 Å². The maximum Gasteiger partial charge on any atom is 0.342 e. The molecule has 3 aromatic carbocycles. The van der Waals surface area contributed by atoms with E-state index >= 15 is 0 Å². The Balaban J connectivity index is 1.82. The molecule has 0 aliphatic carbocycles. The van der Waals surface area contributed by atoms with Gasteiger partial charge in [-0.3, -0.25) is 0 Å². The lowest BCUT2D eigenvalue weighted by molar-refractivity contribution is 0.548. The van der Waals surface area contributed by atoms with Crippen LogP contribution in [0.4, 0.5) is 5.69 Å². The lowest BCUT2D eigenvalue weighted by Crippen LogP contribution is -2.25. The van der Waals surface area contributed by atoms with Crippen LogP contribution in [0.1, 0.15) is 16.5 Å². The molecule has 5 aromatic rings. The van der Waals surface area contributed by atoms with Crippen LogP contribution in [0.3, 0.4) is 0 Å². The second-order valence-electron chi connectivity index (χ2n) is 6.98. The monoisotopic (exact) mass is 381 g/mol. The highest BCUT2D eigenvalue weighted by atomic mass is 32.1. The molecule has 1 aliphatic rings. The number of nitrogens with one attached hydrogen (secondary N) is 1. The minimum atomic E-state index is -0.279. The van der Waals surface area contributed by atoms with E-state index in [1.165, 1.54) is 0 Å². The van der Waals surface area contributed by atoms with Gasteiger partial charge in [0.15, 0.2) is 0 Å². The van der Waals surface area contributed by atoms with Crippen molar-refractivity contribution in [1.29, 1.82) is 0 Å². The van der Waals surface area contributed by atoms with E-state index in [1.807, 2.05) is 47.8 Å². The molecule has 3 nitrogen and oxygen atoms in total. The Morgan fingerprint density at radius 3 is 2.50 bits per heavy atom. The van der Waals surface area contributed by atoms with Gasteiger partial charge in [-0.2, -0.15) is 0 Å². The van der Waals surface area contributed by atoms with Gasteiger partial charge in [0, 0.05) is 27.1 Å². The van der Waals surface area contributed by atoms with Crippen molar-refractivity contribution in [3.05, 3.63) is 99.0 Å². The van der Waals surface area contributed by atoms with E-state index in [1.54, 1.807) is 11.3 Å². The third kappa shape index (κ3) is 2.12. The summed E-state index contributed by atoms with van der Waals surface area (Å²) in [7, 11) is 0. The van der Waals surface area contributed by atoms with Gasteiger partial charge in [-0.1, -0.05) is 54.6 Å². The average molecular weight is 381 g/mol. The van der Waals surface area contributed by atoms with Crippen molar-refractivity contribution in [3.8, 4) is 11.1 Å². The van der Waals surface area contributed by atoms with Crippen LogP contribution >= 0.6 is 11.3 Å². The van der Waals surface area contributed by atoms with E-state index in [0.717, 1.165) is 37.9 Å². The summed E-state index contributed by atoms with van der Waals surface area (Å²) in [5.41, 5.74) is 4.13. The highest BCUT2D eigenvalue weighted by molar-refractivity contribution is 7.10. The number of hydrogen-bond acceptors (Lipinski definition) is 4. The van der Waals surface area contributed by atoms with Gasteiger partial charge in [0.25, 0.3) is 0 Å². The van der Waals surface area contributed by atoms with Crippen LogP contribution in [-0.2, 0) is 0 Å². The van der Waals surface area contributed by atoms with E-state index < -0.39 is 0 Å². The second-order valence-corrected chi connectivity index (χ2v) is 7.96. The molecule has 4 heteroatoms. The molecule has 0 unspecified atom stereocenters. The summed E-state index contributed by atoms with van der Waals surface area (Å²) in [6, 6.07) is 24.2. The fraction of sp³-hybridized carbons (Fsp3) is 0.0417. The highest BCUT2D eigenvalue weighted by Crippen LogP contribution is 2.48. The van der Waals surface area contributed by atoms with Gasteiger partial charge in [0.1, 0.15) is 5.58 Å². The summed E-state index contributed by atoms with van der Waals surface area (Å²) in [4.78, 5) is 14.2. The van der Waals surface area contributed by atoms with Gasteiger partial charge < -0.3 is 9.73 Å². The molecule has 0 spiro atoms. The van der Waals surface area contributed by atoms with Gasteiger partial charge in [0.2, 0.25) is 0 Å². The third-order valence-corrected chi connectivity index (χ3v) is 6.38. The van der Waals surface area contributed by atoms with Gasteiger partial charge in [-0.25, -0.2) is 4.79 Å². The molecule has 6 rings (SSSR count). The maximum absolute atomic E-state index is 13.1. The Hall–Kier alpha value is -3.37. The lowest BCUT2D eigenvalue weighted by atomic mass is 9.85. The fourth-order valence-electron chi connectivity index (χ4n) is 4.25. The Bertz CT molecular complexity index is 1420. The first-order valence-corrected chi connectivity index (χ1v) is 10.1. The summed E-state index contributed by atoms with van der Waals surface area (Å²) in [5.74, 6) is 0.